The molecule has 0 aliphatic carbocycles. The van der Waals surface area contributed by atoms with Crippen molar-refractivity contribution >= 4 is 23.1 Å². The van der Waals surface area contributed by atoms with Gasteiger partial charge in [-0.05, 0) is 0 Å². The predicted molar refractivity (Wildman–Crippen MR) is 75.4 cm³/mol. The maximum Gasteiger partial charge on any atom is 0.245 e. The van der Waals surface area contributed by atoms with Crippen LogP contribution in [0.3, 0.4) is 0 Å². The average molecular weight is 328 g/mol. The Balaban J connectivity index is 4.93. The second-order valence-electron chi connectivity index (χ2n) is 4.56. The topological polar surface area (TPSA) is 170 Å². The largest absolute Gasteiger partial charge is 0.286 e. The van der Waals surface area contributed by atoms with Crippen molar-refractivity contribution in [1.29, 1.82) is 21.0 Å². The second-order valence-corrected chi connectivity index (χ2v) is 4.56. The SMILES string of the molecule is N#CC(=O)CN(CCN(CC(=O)C#N)CC(=O)C#N)CC(=O)C#N. The van der Waals surface area contributed by atoms with Gasteiger partial charge < -0.3 is 0 Å². The highest BCUT2D eigenvalue weighted by Crippen LogP contribution is 1.96. The molecular formula is C14H12N6O4. The van der Waals surface area contributed by atoms with Crippen LogP contribution in [0.4, 0.5) is 0 Å². The molecule has 0 heterocycles. The van der Waals surface area contributed by atoms with Crippen molar-refractivity contribution < 1.29 is 19.2 Å². The Bertz CT molecular complexity index is 572. The minimum atomic E-state index is -0.825. The first-order valence-electron chi connectivity index (χ1n) is 6.52. The lowest BCUT2D eigenvalue weighted by Crippen LogP contribution is -2.42. The van der Waals surface area contributed by atoms with E-state index in [0.29, 0.717) is 0 Å². The fourth-order valence-corrected chi connectivity index (χ4v) is 1.66. The minimum absolute atomic E-state index is 0.0295. The lowest BCUT2D eigenvalue weighted by Gasteiger charge is -2.23. The third kappa shape index (κ3) is 8.76. The number of carbonyl (C=O) groups excluding carboxylic acids is 4. The summed E-state index contributed by atoms with van der Waals surface area (Å²) in [5.41, 5.74) is 0. The Labute approximate surface area is 137 Å². The number of nitriles is 4. The molecule has 0 saturated heterocycles. The van der Waals surface area contributed by atoms with E-state index in [0.717, 1.165) is 0 Å². The molecule has 0 bridgehead atoms. The van der Waals surface area contributed by atoms with Crippen LogP contribution in [0.25, 0.3) is 0 Å². The van der Waals surface area contributed by atoms with Gasteiger partial charge in [-0.25, -0.2) is 0 Å². The molecule has 0 aliphatic rings. The van der Waals surface area contributed by atoms with Crippen LogP contribution in [0.2, 0.25) is 0 Å². The molecule has 10 heteroatoms. The van der Waals surface area contributed by atoms with Crippen molar-refractivity contribution in [3.63, 3.8) is 0 Å². The molecule has 0 atom stereocenters. The number of carbonyl (C=O) groups is 4. The molecular weight excluding hydrogens is 316 g/mol. The van der Waals surface area contributed by atoms with Gasteiger partial charge in [-0.2, -0.15) is 21.0 Å². The highest BCUT2D eigenvalue weighted by Gasteiger charge is 2.18. The molecule has 0 spiro atoms. The predicted octanol–water partition coefficient (Wildman–Crippen LogP) is -2.04. The first-order valence-corrected chi connectivity index (χ1v) is 6.52. The lowest BCUT2D eigenvalue weighted by atomic mass is 10.3. The van der Waals surface area contributed by atoms with Crippen molar-refractivity contribution in [3.05, 3.63) is 0 Å². The highest BCUT2D eigenvalue weighted by molar-refractivity contribution is 5.98. The van der Waals surface area contributed by atoms with E-state index >= 15 is 0 Å². The molecule has 0 aromatic carbocycles. The fourth-order valence-electron chi connectivity index (χ4n) is 1.66. The molecule has 0 aliphatic heterocycles. The van der Waals surface area contributed by atoms with Crippen LogP contribution in [-0.2, 0) is 19.2 Å². The second kappa shape index (κ2) is 11.2. The van der Waals surface area contributed by atoms with Crippen molar-refractivity contribution in [2.45, 2.75) is 0 Å². The quantitative estimate of drug-likeness (QED) is 0.385. The van der Waals surface area contributed by atoms with E-state index in [1.54, 1.807) is 0 Å². The first-order chi connectivity index (χ1) is 11.4. The summed E-state index contributed by atoms with van der Waals surface area (Å²) in [6, 6.07) is 5.50. The van der Waals surface area contributed by atoms with Crippen LogP contribution in [0.15, 0.2) is 0 Å². The molecule has 0 unspecified atom stereocenters. The van der Waals surface area contributed by atoms with Crippen molar-refractivity contribution in [2.24, 2.45) is 0 Å². The molecule has 0 saturated carbocycles. The zero-order valence-electron chi connectivity index (χ0n) is 12.6. The van der Waals surface area contributed by atoms with Gasteiger partial charge in [0.15, 0.2) is 0 Å². The summed E-state index contributed by atoms with van der Waals surface area (Å²) in [5.74, 6) is -3.30. The Kier molecular flexibility index (Phi) is 9.57. The van der Waals surface area contributed by atoms with Gasteiger partial charge >= 0.3 is 0 Å². The Morgan fingerprint density at radius 1 is 0.542 bits per heavy atom. The third-order valence-electron chi connectivity index (χ3n) is 2.70. The van der Waals surface area contributed by atoms with Gasteiger partial charge in [-0.3, -0.25) is 29.0 Å². The van der Waals surface area contributed by atoms with Gasteiger partial charge in [0, 0.05) is 13.1 Å². The summed E-state index contributed by atoms with van der Waals surface area (Å²) >= 11 is 0. The van der Waals surface area contributed by atoms with Crippen LogP contribution in [0.5, 0.6) is 0 Å². The van der Waals surface area contributed by atoms with E-state index in [-0.39, 0.29) is 13.1 Å². The maximum atomic E-state index is 11.2. The summed E-state index contributed by atoms with van der Waals surface area (Å²) in [6.45, 7) is -1.69. The van der Waals surface area contributed by atoms with E-state index < -0.39 is 49.3 Å². The zero-order valence-corrected chi connectivity index (χ0v) is 12.6. The summed E-state index contributed by atoms with van der Waals surface area (Å²) in [7, 11) is 0. The number of Topliss-reactive ketones (excluding diaryl/α,β-unsaturated/α-hetero) is 4. The Morgan fingerprint density at radius 3 is 0.917 bits per heavy atom. The maximum absolute atomic E-state index is 11.2. The van der Waals surface area contributed by atoms with Crippen molar-refractivity contribution in [2.75, 3.05) is 39.3 Å². The van der Waals surface area contributed by atoms with E-state index in [2.05, 4.69) is 0 Å². The van der Waals surface area contributed by atoms with Gasteiger partial charge in [0.05, 0.1) is 26.2 Å². The number of hydrogen-bond donors (Lipinski definition) is 0. The summed E-state index contributed by atoms with van der Waals surface area (Å²) in [4.78, 5) is 47.1. The van der Waals surface area contributed by atoms with Crippen LogP contribution in [0.1, 0.15) is 0 Å². The molecule has 122 valence electrons. The van der Waals surface area contributed by atoms with Crippen molar-refractivity contribution in [3.8, 4) is 24.3 Å². The van der Waals surface area contributed by atoms with Crippen molar-refractivity contribution in [1.82, 2.24) is 9.80 Å². The average Bonchev–Trinajstić information content (AvgIpc) is 2.58. The van der Waals surface area contributed by atoms with Crippen LogP contribution in [-0.4, -0.2) is 72.2 Å². The van der Waals surface area contributed by atoms with Crippen LogP contribution >= 0.6 is 0 Å². The van der Waals surface area contributed by atoms with Crippen LogP contribution < -0.4 is 0 Å². The van der Waals surface area contributed by atoms with E-state index in [1.807, 2.05) is 0 Å². The number of ketones is 4. The van der Waals surface area contributed by atoms with Gasteiger partial charge in [-0.15, -0.1) is 0 Å². The van der Waals surface area contributed by atoms with Gasteiger partial charge in [0.25, 0.3) is 0 Å². The first kappa shape index (κ1) is 20.6. The third-order valence-corrected chi connectivity index (χ3v) is 2.70. The fraction of sp³-hybridized carbons (Fsp3) is 0.429. The number of nitrogens with zero attached hydrogens (tertiary/aromatic N) is 6. The minimum Gasteiger partial charge on any atom is -0.286 e. The lowest BCUT2D eigenvalue weighted by molar-refractivity contribution is -0.120. The molecule has 0 aromatic heterocycles. The summed E-state index contributed by atoms with van der Waals surface area (Å²) < 4.78 is 0. The van der Waals surface area contributed by atoms with Gasteiger partial charge in [0.1, 0.15) is 24.3 Å². The van der Waals surface area contributed by atoms with E-state index in [4.69, 9.17) is 21.0 Å². The molecule has 0 radical (unpaired) electrons. The van der Waals surface area contributed by atoms with Gasteiger partial charge in [-0.1, -0.05) is 0 Å². The summed E-state index contributed by atoms with van der Waals surface area (Å²) in [6.07, 6.45) is 0. The standard InChI is InChI=1S/C14H12N6O4/c15-3-11(21)7-19(8-12(22)4-16)1-2-20(9-13(23)5-17)10-14(24)6-18/h1-2,7-10H2. The molecule has 24 heavy (non-hydrogen) atoms. The van der Waals surface area contributed by atoms with E-state index in [9.17, 15) is 19.2 Å². The number of rotatable bonds is 11. The summed E-state index contributed by atoms with van der Waals surface area (Å²) in [5, 5.41) is 34.0. The monoisotopic (exact) mass is 328 g/mol. The smallest absolute Gasteiger partial charge is 0.245 e. The molecule has 0 amide bonds. The zero-order chi connectivity index (χ0) is 18.5. The highest BCUT2D eigenvalue weighted by atomic mass is 16.1. The molecule has 0 aromatic rings. The van der Waals surface area contributed by atoms with Crippen LogP contribution in [0, 0.1) is 45.3 Å². The number of hydrogen-bond acceptors (Lipinski definition) is 10. The van der Waals surface area contributed by atoms with E-state index in [1.165, 1.54) is 34.1 Å². The Hall–Kier alpha value is -3.44. The Morgan fingerprint density at radius 2 is 0.750 bits per heavy atom. The molecule has 0 N–H and O–H groups in total. The van der Waals surface area contributed by atoms with Gasteiger partial charge in [0.2, 0.25) is 23.1 Å². The molecule has 0 rings (SSSR count). The normalized spacial score (nSPS) is 9.42. The molecule has 0 fully saturated rings. The molecule has 10 nitrogen and oxygen atoms in total.